The molecule has 17 heavy (non-hydrogen) atoms. The first-order valence-electron chi connectivity index (χ1n) is 5.22. The van der Waals surface area contributed by atoms with E-state index >= 15 is 0 Å². The Morgan fingerprint density at radius 1 is 1.47 bits per heavy atom. The van der Waals surface area contributed by atoms with Crippen molar-refractivity contribution in [3.63, 3.8) is 0 Å². The zero-order valence-corrected chi connectivity index (χ0v) is 9.21. The van der Waals surface area contributed by atoms with E-state index in [-0.39, 0.29) is 5.75 Å². The average Bonchev–Trinajstić information content (AvgIpc) is 2.78. The number of phenolic OH excluding ortho intramolecular Hbond substituents is 1. The van der Waals surface area contributed by atoms with Gasteiger partial charge in [-0.3, -0.25) is 0 Å². The standard InChI is InChI=1S/C12H12O5/c1-2-9(12(14)15)17-10-4-3-8(13)11-7(10)5-6-16-11/h3-6,9,13H,2H2,1H3,(H,14,15). The molecule has 2 N–H and O–H groups in total. The third kappa shape index (κ3) is 2.04. The van der Waals surface area contributed by atoms with Crippen molar-refractivity contribution in [2.75, 3.05) is 0 Å². The first-order valence-corrected chi connectivity index (χ1v) is 5.22. The number of hydrogen-bond donors (Lipinski definition) is 2. The normalized spacial score (nSPS) is 12.5. The summed E-state index contributed by atoms with van der Waals surface area (Å²) in [6.45, 7) is 1.73. The number of rotatable bonds is 4. The molecule has 90 valence electrons. The van der Waals surface area contributed by atoms with E-state index in [4.69, 9.17) is 14.3 Å². The van der Waals surface area contributed by atoms with Gasteiger partial charge in [0.05, 0.1) is 11.6 Å². The van der Waals surface area contributed by atoms with Gasteiger partial charge in [-0.1, -0.05) is 6.92 Å². The number of carbonyl (C=O) groups is 1. The molecule has 5 nitrogen and oxygen atoms in total. The number of fused-ring (bicyclic) bond motifs is 1. The largest absolute Gasteiger partial charge is 0.504 e. The maximum absolute atomic E-state index is 10.9. The van der Waals surface area contributed by atoms with E-state index in [0.29, 0.717) is 23.1 Å². The molecule has 1 unspecified atom stereocenters. The van der Waals surface area contributed by atoms with Gasteiger partial charge in [-0.05, 0) is 24.6 Å². The lowest BCUT2D eigenvalue weighted by Crippen LogP contribution is -2.25. The molecule has 5 heteroatoms. The fraction of sp³-hybridized carbons (Fsp3) is 0.250. The second-order valence-electron chi connectivity index (χ2n) is 3.60. The zero-order valence-electron chi connectivity index (χ0n) is 9.21. The second kappa shape index (κ2) is 4.37. The van der Waals surface area contributed by atoms with Gasteiger partial charge in [0.2, 0.25) is 0 Å². The van der Waals surface area contributed by atoms with Gasteiger partial charge in [0.15, 0.2) is 17.4 Å². The molecular formula is C12H12O5. The van der Waals surface area contributed by atoms with Gasteiger partial charge in [0.25, 0.3) is 0 Å². The molecule has 0 fully saturated rings. The van der Waals surface area contributed by atoms with Crippen LogP contribution in [0.3, 0.4) is 0 Å². The number of phenols is 1. The predicted molar refractivity (Wildman–Crippen MR) is 60.2 cm³/mol. The van der Waals surface area contributed by atoms with Crippen LogP contribution in [0.5, 0.6) is 11.5 Å². The predicted octanol–water partition coefficient (Wildman–Crippen LogP) is 2.38. The van der Waals surface area contributed by atoms with Crippen LogP contribution in [0, 0.1) is 0 Å². The van der Waals surface area contributed by atoms with E-state index in [0.717, 1.165) is 0 Å². The van der Waals surface area contributed by atoms with Gasteiger partial charge >= 0.3 is 5.97 Å². The minimum Gasteiger partial charge on any atom is -0.504 e. The summed E-state index contributed by atoms with van der Waals surface area (Å²) >= 11 is 0. The summed E-state index contributed by atoms with van der Waals surface area (Å²) in [5.41, 5.74) is 0.294. The van der Waals surface area contributed by atoms with Crippen molar-refractivity contribution in [3.05, 3.63) is 24.5 Å². The molecule has 0 bridgehead atoms. The maximum atomic E-state index is 10.9. The molecule has 0 aliphatic heterocycles. The first kappa shape index (κ1) is 11.3. The van der Waals surface area contributed by atoms with Crippen molar-refractivity contribution >= 4 is 16.9 Å². The number of carboxylic acids is 1. The molecule has 1 aromatic carbocycles. The number of benzene rings is 1. The molecule has 0 radical (unpaired) electrons. The molecule has 2 rings (SSSR count). The highest BCUT2D eigenvalue weighted by molar-refractivity contribution is 5.89. The summed E-state index contributed by atoms with van der Waals surface area (Å²) in [7, 11) is 0. The maximum Gasteiger partial charge on any atom is 0.344 e. The van der Waals surface area contributed by atoms with Gasteiger partial charge < -0.3 is 19.4 Å². The van der Waals surface area contributed by atoms with Gasteiger partial charge in [0, 0.05) is 0 Å². The van der Waals surface area contributed by atoms with Crippen LogP contribution in [0.4, 0.5) is 0 Å². The summed E-state index contributed by atoms with van der Waals surface area (Å²) < 4.78 is 10.5. The minimum atomic E-state index is -1.02. The Balaban J connectivity index is 2.39. The Hall–Kier alpha value is -2.17. The number of aromatic hydroxyl groups is 1. The molecule has 0 saturated carbocycles. The van der Waals surface area contributed by atoms with Gasteiger partial charge in [-0.2, -0.15) is 0 Å². The summed E-state index contributed by atoms with van der Waals surface area (Å²) in [6.07, 6.45) is 0.867. The third-order valence-corrected chi connectivity index (χ3v) is 2.47. The summed E-state index contributed by atoms with van der Waals surface area (Å²) in [5.74, 6) is -0.626. The highest BCUT2D eigenvalue weighted by Crippen LogP contribution is 2.33. The van der Waals surface area contributed by atoms with Gasteiger partial charge in [-0.15, -0.1) is 0 Å². The fourth-order valence-electron chi connectivity index (χ4n) is 1.59. The van der Waals surface area contributed by atoms with Crippen LogP contribution < -0.4 is 4.74 Å². The fourth-order valence-corrected chi connectivity index (χ4v) is 1.59. The van der Waals surface area contributed by atoms with E-state index in [9.17, 15) is 9.90 Å². The van der Waals surface area contributed by atoms with E-state index in [1.165, 1.54) is 18.4 Å². The van der Waals surface area contributed by atoms with Crippen molar-refractivity contribution in [2.45, 2.75) is 19.4 Å². The molecule has 1 aromatic heterocycles. The lowest BCUT2D eigenvalue weighted by molar-refractivity contribution is -0.145. The van der Waals surface area contributed by atoms with Crippen molar-refractivity contribution in [1.29, 1.82) is 0 Å². The summed E-state index contributed by atoms with van der Waals surface area (Å²) in [5, 5.41) is 19.0. The van der Waals surface area contributed by atoms with Crippen molar-refractivity contribution in [1.82, 2.24) is 0 Å². The third-order valence-electron chi connectivity index (χ3n) is 2.47. The molecule has 0 aliphatic carbocycles. The molecule has 0 amide bonds. The average molecular weight is 236 g/mol. The van der Waals surface area contributed by atoms with E-state index in [2.05, 4.69) is 0 Å². The number of furan rings is 1. The topological polar surface area (TPSA) is 79.9 Å². The lowest BCUT2D eigenvalue weighted by atomic mass is 10.2. The molecule has 1 atom stereocenters. The Bertz CT molecular complexity index is 543. The number of aliphatic carboxylic acids is 1. The smallest absolute Gasteiger partial charge is 0.344 e. The second-order valence-corrected chi connectivity index (χ2v) is 3.60. The highest BCUT2D eigenvalue weighted by Gasteiger charge is 2.19. The molecular weight excluding hydrogens is 224 g/mol. The number of carboxylic acid groups (broad SMARTS) is 1. The molecule has 0 saturated heterocycles. The van der Waals surface area contributed by atoms with Crippen LogP contribution in [0.1, 0.15) is 13.3 Å². The summed E-state index contributed by atoms with van der Waals surface area (Å²) in [6, 6.07) is 4.56. The number of hydrogen-bond acceptors (Lipinski definition) is 4. The minimum absolute atomic E-state index is 0.000670. The Morgan fingerprint density at radius 2 is 2.24 bits per heavy atom. The SMILES string of the molecule is CCC(Oc1ccc(O)c2occc12)C(=O)O. The van der Waals surface area contributed by atoms with Gasteiger partial charge in [0.1, 0.15) is 5.75 Å². The van der Waals surface area contributed by atoms with Crippen molar-refractivity contribution in [3.8, 4) is 11.5 Å². The molecule has 2 aromatic rings. The Kier molecular flexibility index (Phi) is 2.91. The van der Waals surface area contributed by atoms with Crippen molar-refractivity contribution < 1.29 is 24.2 Å². The lowest BCUT2D eigenvalue weighted by Gasteiger charge is -2.13. The van der Waals surface area contributed by atoms with Crippen LogP contribution in [0.2, 0.25) is 0 Å². The highest BCUT2D eigenvalue weighted by atomic mass is 16.5. The summed E-state index contributed by atoms with van der Waals surface area (Å²) in [4.78, 5) is 10.9. The Labute approximate surface area is 97.2 Å². The van der Waals surface area contributed by atoms with Crippen LogP contribution in [0.15, 0.2) is 28.9 Å². The van der Waals surface area contributed by atoms with E-state index in [1.54, 1.807) is 13.0 Å². The first-order chi connectivity index (χ1) is 8.13. The van der Waals surface area contributed by atoms with Crippen LogP contribution in [-0.2, 0) is 4.79 Å². The van der Waals surface area contributed by atoms with Crippen LogP contribution in [0.25, 0.3) is 11.0 Å². The van der Waals surface area contributed by atoms with E-state index < -0.39 is 12.1 Å². The molecule has 0 aliphatic rings. The molecule has 1 heterocycles. The number of ether oxygens (including phenoxy) is 1. The van der Waals surface area contributed by atoms with Crippen LogP contribution in [-0.4, -0.2) is 22.3 Å². The van der Waals surface area contributed by atoms with Crippen LogP contribution >= 0.6 is 0 Å². The van der Waals surface area contributed by atoms with E-state index in [1.807, 2.05) is 0 Å². The molecule has 0 spiro atoms. The van der Waals surface area contributed by atoms with Gasteiger partial charge in [-0.25, -0.2) is 4.79 Å². The zero-order chi connectivity index (χ0) is 12.4. The quantitative estimate of drug-likeness (QED) is 0.851. The monoisotopic (exact) mass is 236 g/mol. The van der Waals surface area contributed by atoms with Crippen molar-refractivity contribution in [2.24, 2.45) is 0 Å². The Morgan fingerprint density at radius 3 is 2.88 bits per heavy atom.